The Labute approximate surface area is 96.9 Å². The van der Waals surface area contributed by atoms with Crippen molar-refractivity contribution in [2.75, 3.05) is 0 Å². The van der Waals surface area contributed by atoms with Crippen LogP contribution in [-0.2, 0) is 16.2 Å². The molecule has 0 aliphatic heterocycles. The van der Waals surface area contributed by atoms with E-state index < -0.39 is 5.97 Å². The first-order valence-electron chi connectivity index (χ1n) is 5.11. The number of nitrogens with one attached hydrogen (secondary N) is 1. The smallest absolute Gasteiger partial charge is 0.328 e. The van der Waals surface area contributed by atoms with Gasteiger partial charge in [0.05, 0.1) is 11.9 Å². The lowest BCUT2D eigenvalue weighted by atomic mass is 10.2. The fourth-order valence-corrected chi connectivity index (χ4v) is 1.71. The maximum absolute atomic E-state index is 13.4. The summed E-state index contributed by atoms with van der Waals surface area (Å²) >= 11 is 0. The monoisotopic (exact) mass is 237 g/mol. The molecule has 0 unspecified atom stereocenters. The van der Waals surface area contributed by atoms with Crippen LogP contribution < -0.4 is 11.4 Å². The van der Waals surface area contributed by atoms with Gasteiger partial charge in [0.1, 0.15) is 5.82 Å². The van der Waals surface area contributed by atoms with Crippen LogP contribution >= 0.6 is 0 Å². The van der Waals surface area contributed by atoms with E-state index in [0.29, 0.717) is 11.9 Å². The number of hydrogen-bond acceptors (Lipinski definition) is 4. The number of carbonyl (C=O) groups is 1. The fraction of sp³-hybridized carbons (Fsp3) is 0.182. The molecular weight excluding hydrogens is 225 g/mol. The van der Waals surface area contributed by atoms with Gasteiger partial charge in [0.25, 0.3) is 0 Å². The number of aromatic nitrogens is 1. The number of halogens is 1. The molecular formula is C11H12FN3O2. The molecule has 90 valence electrons. The molecule has 6 heteroatoms. The van der Waals surface area contributed by atoms with Gasteiger partial charge in [-0.25, -0.2) is 10.2 Å². The third kappa shape index (κ3) is 2.43. The standard InChI is InChI=1S/C11H12FN3O2/c12-9-2-1-3-10-8(9)4-6-15(10)7-5-11(16)17-14-13/h1-4,6,14H,5,7,13H2. The highest BCUT2D eigenvalue weighted by Crippen LogP contribution is 2.19. The molecule has 1 heterocycles. The fourth-order valence-electron chi connectivity index (χ4n) is 1.71. The van der Waals surface area contributed by atoms with Crippen LogP contribution in [0.4, 0.5) is 4.39 Å². The number of aryl methyl sites for hydroxylation is 1. The molecule has 0 amide bonds. The number of hydrogen-bond donors (Lipinski definition) is 2. The predicted octanol–water partition coefficient (Wildman–Crippen LogP) is 1.09. The zero-order valence-electron chi connectivity index (χ0n) is 9.02. The Kier molecular flexibility index (Phi) is 3.36. The van der Waals surface area contributed by atoms with Gasteiger partial charge >= 0.3 is 5.97 Å². The van der Waals surface area contributed by atoms with Crippen LogP contribution in [0.3, 0.4) is 0 Å². The van der Waals surface area contributed by atoms with Crippen LogP contribution in [0.25, 0.3) is 10.9 Å². The van der Waals surface area contributed by atoms with Crippen LogP contribution in [0, 0.1) is 5.82 Å². The average molecular weight is 237 g/mol. The molecule has 1 aromatic carbocycles. The summed E-state index contributed by atoms with van der Waals surface area (Å²) in [7, 11) is 0. The van der Waals surface area contributed by atoms with Crippen molar-refractivity contribution in [2.24, 2.45) is 5.84 Å². The lowest BCUT2D eigenvalue weighted by Crippen LogP contribution is -2.26. The summed E-state index contributed by atoms with van der Waals surface area (Å²) in [5.74, 6) is 4.10. The van der Waals surface area contributed by atoms with E-state index >= 15 is 0 Å². The molecule has 2 aromatic rings. The molecule has 3 N–H and O–H groups in total. The molecule has 0 saturated heterocycles. The molecule has 0 saturated carbocycles. The van der Waals surface area contributed by atoms with Crippen molar-refractivity contribution in [1.29, 1.82) is 0 Å². The Bertz CT molecular complexity index is 538. The van der Waals surface area contributed by atoms with Crippen molar-refractivity contribution in [3.05, 3.63) is 36.3 Å². The van der Waals surface area contributed by atoms with Gasteiger partial charge in [0.2, 0.25) is 0 Å². The second-order valence-electron chi connectivity index (χ2n) is 3.52. The first-order valence-corrected chi connectivity index (χ1v) is 5.11. The number of fused-ring (bicyclic) bond motifs is 1. The molecule has 0 radical (unpaired) electrons. The van der Waals surface area contributed by atoms with Gasteiger partial charge in [-0.05, 0) is 18.2 Å². The SMILES string of the molecule is NNOC(=O)CCn1ccc2c(F)cccc21. The van der Waals surface area contributed by atoms with Crippen LogP contribution in [0.2, 0.25) is 0 Å². The summed E-state index contributed by atoms with van der Waals surface area (Å²) in [6, 6.07) is 6.51. The molecule has 0 atom stereocenters. The number of benzene rings is 1. The van der Waals surface area contributed by atoms with Crippen molar-refractivity contribution in [2.45, 2.75) is 13.0 Å². The van der Waals surface area contributed by atoms with Crippen LogP contribution in [0.5, 0.6) is 0 Å². The molecule has 1 aromatic heterocycles. The van der Waals surface area contributed by atoms with E-state index in [0.717, 1.165) is 5.52 Å². The predicted molar refractivity (Wildman–Crippen MR) is 59.9 cm³/mol. The van der Waals surface area contributed by atoms with Crippen molar-refractivity contribution >= 4 is 16.9 Å². The van der Waals surface area contributed by atoms with Gasteiger partial charge in [-0.15, -0.1) is 0 Å². The Morgan fingerprint density at radius 2 is 2.29 bits per heavy atom. The number of nitrogens with two attached hydrogens (primary N) is 1. The topological polar surface area (TPSA) is 69.3 Å². The summed E-state index contributed by atoms with van der Waals surface area (Å²) in [4.78, 5) is 15.5. The van der Waals surface area contributed by atoms with Gasteiger partial charge in [-0.2, -0.15) is 0 Å². The molecule has 0 spiro atoms. The third-order valence-electron chi connectivity index (χ3n) is 2.49. The van der Waals surface area contributed by atoms with Crippen LogP contribution in [0.15, 0.2) is 30.5 Å². The Morgan fingerprint density at radius 3 is 3.06 bits per heavy atom. The van der Waals surface area contributed by atoms with Crippen molar-refractivity contribution in [3.8, 4) is 0 Å². The number of rotatable bonds is 4. The highest BCUT2D eigenvalue weighted by molar-refractivity contribution is 5.80. The molecule has 0 aliphatic carbocycles. The zero-order valence-corrected chi connectivity index (χ0v) is 9.02. The lowest BCUT2D eigenvalue weighted by Gasteiger charge is -2.05. The quantitative estimate of drug-likeness (QED) is 0.617. The van der Waals surface area contributed by atoms with Crippen LogP contribution in [-0.4, -0.2) is 10.5 Å². The maximum Gasteiger partial charge on any atom is 0.328 e. The first-order chi connectivity index (χ1) is 8.22. The minimum atomic E-state index is -0.467. The van der Waals surface area contributed by atoms with E-state index in [-0.39, 0.29) is 12.2 Å². The minimum Gasteiger partial charge on any atom is -0.356 e. The second kappa shape index (κ2) is 4.94. The molecule has 0 fully saturated rings. The normalized spacial score (nSPS) is 10.7. The molecule has 0 aliphatic rings. The van der Waals surface area contributed by atoms with E-state index in [2.05, 4.69) is 4.84 Å². The third-order valence-corrected chi connectivity index (χ3v) is 2.49. The van der Waals surface area contributed by atoms with Crippen molar-refractivity contribution in [3.63, 3.8) is 0 Å². The van der Waals surface area contributed by atoms with Crippen molar-refractivity contribution < 1.29 is 14.0 Å². The van der Waals surface area contributed by atoms with Gasteiger partial charge in [-0.3, -0.25) is 4.79 Å². The van der Waals surface area contributed by atoms with E-state index in [4.69, 9.17) is 5.84 Å². The summed E-state index contributed by atoms with van der Waals surface area (Å²) in [5.41, 5.74) is 2.57. The highest BCUT2D eigenvalue weighted by Gasteiger charge is 2.07. The summed E-state index contributed by atoms with van der Waals surface area (Å²) in [6.07, 6.45) is 1.89. The van der Waals surface area contributed by atoms with E-state index in [9.17, 15) is 9.18 Å². The number of carbonyl (C=O) groups excluding carboxylic acids is 1. The molecule has 5 nitrogen and oxygen atoms in total. The summed E-state index contributed by atoms with van der Waals surface area (Å²) < 4.78 is 15.2. The lowest BCUT2D eigenvalue weighted by molar-refractivity contribution is -0.151. The zero-order chi connectivity index (χ0) is 12.3. The molecule has 0 bridgehead atoms. The van der Waals surface area contributed by atoms with Gasteiger partial charge in [0.15, 0.2) is 0 Å². The minimum absolute atomic E-state index is 0.157. The Morgan fingerprint density at radius 1 is 1.47 bits per heavy atom. The molecule has 17 heavy (non-hydrogen) atoms. The van der Waals surface area contributed by atoms with E-state index in [1.807, 2.05) is 5.59 Å². The first kappa shape index (κ1) is 11.6. The largest absolute Gasteiger partial charge is 0.356 e. The second-order valence-corrected chi connectivity index (χ2v) is 3.52. The van der Waals surface area contributed by atoms with Crippen molar-refractivity contribution in [1.82, 2.24) is 10.2 Å². The van der Waals surface area contributed by atoms with E-state index in [1.54, 1.807) is 29.0 Å². The van der Waals surface area contributed by atoms with Gasteiger partial charge in [0, 0.05) is 18.1 Å². The molecule has 2 rings (SSSR count). The Hall–Kier alpha value is -1.92. The maximum atomic E-state index is 13.4. The van der Waals surface area contributed by atoms with E-state index in [1.165, 1.54) is 6.07 Å². The van der Waals surface area contributed by atoms with Gasteiger partial charge < -0.3 is 9.40 Å². The van der Waals surface area contributed by atoms with Gasteiger partial charge in [-0.1, -0.05) is 11.7 Å². The number of nitrogens with zero attached hydrogens (tertiary/aromatic N) is 1. The summed E-state index contributed by atoms with van der Waals surface area (Å²) in [6.45, 7) is 0.410. The average Bonchev–Trinajstić information content (AvgIpc) is 2.72. The highest BCUT2D eigenvalue weighted by atomic mass is 19.1. The summed E-state index contributed by atoms with van der Waals surface area (Å²) in [5, 5.41) is 0.540. The number of hydrazine groups is 1. The Balaban J connectivity index is 2.14. The van der Waals surface area contributed by atoms with Crippen LogP contribution in [0.1, 0.15) is 6.42 Å².